The van der Waals surface area contributed by atoms with Crippen LogP contribution in [0.15, 0.2) is 72.1 Å². The molecule has 0 saturated carbocycles. The quantitative estimate of drug-likeness (QED) is 0.361. The second-order valence-corrected chi connectivity index (χ2v) is 9.40. The van der Waals surface area contributed by atoms with Gasteiger partial charge in [-0.15, -0.1) is 0 Å². The number of aromatic nitrogens is 1. The average Bonchev–Trinajstić information content (AvgIpc) is 3.21. The number of carbonyl (C=O) groups is 1. The second kappa shape index (κ2) is 9.90. The van der Waals surface area contributed by atoms with E-state index >= 15 is 4.39 Å². The number of allylic oxidation sites excluding steroid dienone is 4. The van der Waals surface area contributed by atoms with E-state index in [0.29, 0.717) is 31.1 Å². The van der Waals surface area contributed by atoms with Gasteiger partial charge < -0.3 is 10.1 Å². The number of benzene rings is 1. The highest BCUT2D eigenvalue weighted by molar-refractivity contribution is 6.30. The molecule has 3 heterocycles. The molecule has 1 amide bonds. The smallest absolute Gasteiger partial charge is 0.251 e. The molecule has 4 rings (SSSR count). The zero-order valence-electron chi connectivity index (χ0n) is 19.0. The molecule has 1 unspecified atom stereocenters. The Bertz CT molecular complexity index is 1180. The Hall–Kier alpha value is -2.67. The Kier molecular flexibility index (Phi) is 7.12. The number of hydrogen-bond acceptors (Lipinski definition) is 4. The summed E-state index contributed by atoms with van der Waals surface area (Å²) in [4.78, 5) is 20.0. The summed E-state index contributed by atoms with van der Waals surface area (Å²) in [5.41, 5.74) is 0.302. The highest BCUT2D eigenvalue weighted by atomic mass is 35.5. The first-order valence-corrected chi connectivity index (χ1v) is 11.9. The fourth-order valence-electron chi connectivity index (χ4n) is 5.12. The molecule has 0 bridgehead atoms. The molecule has 1 aromatic carbocycles. The fourth-order valence-corrected chi connectivity index (χ4v) is 5.34. The first-order chi connectivity index (χ1) is 16.3. The molecule has 1 aromatic heterocycles. The SMILES string of the molecule is C=C(Cl)/C=C\C=C(/F)C1[C@H](C)CN(Cc2cccc(OCC)c2)[C@@]12C(=O)Nc1nc(Cl)ccc12. The maximum absolute atomic E-state index is 15.8. The van der Waals surface area contributed by atoms with E-state index in [9.17, 15) is 4.79 Å². The molecule has 3 atom stereocenters. The van der Waals surface area contributed by atoms with Gasteiger partial charge in [0.1, 0.15) is 28.1 Å². The third-order valence-corrected chi connectivity index (χ3v) is 6.63. The number of pyridine rings is 1. The van der Waals surface area contributed by atoms with Crippen molar-refractivity contribution in [2.24, 2.45) is 11.8 Å². The minimum absolute atomic E-state index is 0.161. The van der Waals surface area contributed by atoms with Crippen molar-refractivity contribution in [3.63, 3.8) is 0 Å². The summed E-state index contributed by atoms with van der Waals surface area (Å²) in [7, 11) is 0. The predicted molar refractivity (Wildman–Crippen MR) is 134 cm³/mol. The average molecular weight is 502 g/mol. The minimum Gasteiger partial charge on any atom is -0.494 e. The summed E-state index contributed by atoms with van der Waals surface area (Å²) in [6, 6.07) is 11.1. The van der Waals surface area contributed by atoms with Gasteiger partial charge in [-0.1, -0.05) is 54.9 Å². The van der Waals surface area contributed by atoms with Gasteiger partial charge >= 0.3 is 0 Å². The number of carbonyl (C=O) groups excluding carboxylic acids is 1. The van der Waals surface area contributed by atoms with Gasteiger partial charge in [0, 0.05) is 29.6 Å². The lowest BCUT2D eigenvalue weighted by Gasteiger charge is -2.37. The Morgan fingerprint density at radius 2 is 2.21 bits per heavy atom. The van der Waals surface area contributed by atoms with Gasteiger partial charge in [0.15, 0.2) is 0 Å². The molecule has 5 nitrogen and oxygen atoms in total. The number of ether oxygens (including phenoxy) is 1. The third kappa shape index (κ3) is 4.38. The van der Waals surface area contributed by atoms with E-state index in [4.69, 9.17) is 27.9 Å². The molecule has 0 radical (unpaired) electrons. The normalized spacial score (nSPS) is 24.6. The molecule has 1 spiro atoms. The molecule has 2 aliphatic heterocycles. The molecule has 0 aliphatic carbocycles. The number of likely N-dealkylation sites (tertiary alicyclic amines) is 1. The monoisotopic (exact) mass is 501 g/mol. The number of halogens is 3. The Morgan fingerprint density at radius 3 is 2.94 bits per heavy atom. The van der Waals surface area contributed by atoms with Crippen LogP contribution in [0.1, 0.15) is 25.0 Å². The zero-order chi connectivity index (χ0) is 24.5. The molecule has 1 N–H and O–H groups in total. The first-order valence-electron chi connectivity index (χ1n) is 11.1. The van der Waals surface area contributed by atoms with Crippen LogP contribution < -0.4 is 10.1 Å². The van der Waals surface area contributed by atoms with Crippen LogP contribution in [-0.2, 0) is 16.9 Å². The van der Waals surface area contributed by atoms with Crippen molar-refractivity contribution in [1.82, 2.24) is 9.88 Å². The van der Waals surface area contributed by atoms with Crippen LogP contribution in [0.25, 0.3) is 0 Å². The largest absolute Gasteiger partial charge is 0.494 e. The summed E-state index contributed by atoms with van der Waals surface area (Å²) in [6.07, 6.45) is 4.37. The Balaban J connectivity index is 1.82. The van der Waals surface area contributed by atoms with Crippen LogP contribution in [0, 0.1) is 11.8 Å². The van der Waals surface area contributed by atoms with E-state index in [0.717, 1.165) is 11.3 Å². The fraction of sp³-hybridized carbons (Fsp3) is 0.308. The topological polar surface area (TPSA) is 54.5 Å². The first kappa shape index (κ1) is 24.5. The van der Waals surface area contributed by atoms with Crippen molar-refractivity contribution < 1.29 is 13.9 Å². The molecule has 2 aliphatic rings. The van der Waals surface area contributed by atoms with Crippen molar-refractivity contribution in [1.29, 1.82) is 0 Å². The molecular formula is C26H26Cl2FN3O2. The van der Waals surface area contributed by atoms with Gasteiger partial charge in [-0.05, 0) is 54.8 Å². The minimum atomic E-state index is -1.28. The number of amides is 1. The number of nitrogens with one attached hydrogen (secondary N) is 1. The van der Waals surface area contributed by atoms with Gasteiger partial charge in [-0.3, -0.25) is 9.69 Å². The molecular weight excluding hydrogens is 476 g/mol. The summed E-state index contributed by atoms with van der Waals surface area (Å²) < 4.78 is 21.4. The molecule has 1 fully saturated rings. The van der Waals surface area contributed by atoms with Gasteiger partial charge in [0.05, 0.1) is 6.61 Å². The number of fused-ring (bicyclic) bond motifs is 2. The lowest BCUT2D eigenvalue weighted by Crippen LogP contribution is -2.50. The number of nitrogens with zero attached hydrogens (tertiary/aromatic N) is 2. The summed E-state index contributed by atoms with van der Waals surface area (Å²) in [6.45, 7) is 8.96. The third-order valence-electron chi connectivity index (χ3n) is 6.29. The predicted octanol–water partition coefficient (Wildman–Crippen LogP) is 6.21. The number of rotatable bonds is 7. The van der Waals surface area contributed by atoms with Crippen LogP contribution in [-0.4, -0.2) is 28.9 Å². The van der Waals surface area contributed by atoms with E-state index in [2.05, 4.69) is 16.9 Å². The van der Waals surface area contributed by atoms with E-state index < -0.39 is 17.3 Å². The Labute approximate surface area is 208 Å². The molecule has 34 heavy (non-hydrogen) atoms. The Morgan fingerprint density at radius 1 is 1.41 bits per heavy atom. The van der Waals surface area contributed by atoms with Gasteiger partial charge in [-0.25, -0.2) is 9.37 Å². The highest BCUT2D eigenvalue weighted by Gasteiger charge is 2.63. The number of anilines is 1. The lowest BCUT2D eigenvalue weighted by molar-refractivity contribution is -0.128. The summed E-state index contributed by atoms with van der Waals surface area (Å²) in [5, 5.41) is 3.40. The van der Waals surface area contributed by atoms with Gasteiger partial charge in [0.2, 0.25) is 0 Å². The summed E-state index contributed by atoms with van der Waals surface area (Å²) >= 11 is 11.9. The van der Waals surface area contributed by atoms with Crippen LogP contribution in [0.2, 0.25) is 5.15 Å². The highest BCUT2D eigenvalue weighted by Crippen LogP contribution is 2.55. The molecule has 8 heteroatoms. The van der Waals surface area contributed by atoms with Crippen molar-refractivity contribution in [3.8, 4) is 5.75 Å². The zero-order valence-corrected chi connectivity index (χ0v) is 20.5. The van der Waals surface area contributed by atoms with E-state index in [1.807, 2.05) is 43.0 Å². The van der Waals surface area contributed by atoms with E-state index in [1.54, 1.807) is 12.1 Å². The lowest BCUT2D eigenvalue weighted by atomic mass is 9.75. The van der Waals surface area contributed by atoms with E-state index in [1.165, 1.54) is 18.2 Å². The van der Waals surface area contributed by atoms with Crippen LogP contribution in [0.5, 0.6) is 5.75 Å². The maximum atomic E-state index is 15.8. The van der Waals surface area contributed by atoms with Crippen molar-refractivity contribution in [3.05, 3.63) is 88.3 Å². The van der Waals surface area contributed by atoms with Crippen LogP contribution in [0.3, 0.4) is 0 Å². The second-order valence-electron chi connectivity index (χ2n) is 8.52. The van der Waals surface area contributed by atoms with Crippen LogP contribution >= 0.6 is 23.2 Å². The van der Waals surface area contributed by atoms with Crippen LogP contribution in [0.4, 0.5) is 10.2 Å². The van der Waals surface area contributed by atoms with E-state index in [-0.39, 0.29) is 22.0 Å². The number of hydrogen-bond donors (Lipinski definition) is 1. The van der Waals surface area contributed by atoms with Gasteiger partial charge in [0.25, 0.3) is 5.91 Å². The molecule has 1 saturated heterocycles. The van der Waals surface area contributed by atoms with Gasteiger partial charge in [-0.2, -0.15) is 0 Å². The molecule has 178 valence electrons. The molecule has 2 aromatic rings. The van der Waals surface area contributed by atoms with Crippen molar-refractivity contribution >= 4 is 34.9 Å². The van der Waals surface area contributed by atoms with Crippen molar-refractivity contribution in [2.75, 3.05) is 18.5 Å². The maximum Gasteiger partial charge on any atom is 0.251 e. The standard InChI is InChI=1S/C26H26Cl2FN3O2/c1-4-34-19-9-6-8-18(13-19)15-32-14-16(2)23(21(29)10-5-7-17(3)27)26(32)20-11-12-22(28)30-24(20)31-25(26)33/h5-13,16,23H,3-4,14-15H2,1-2H3,(H,30,31,33)/b7-5-,21-10-/t16-,23?,26-/m1/s1. The summed E-state index contributed by atoms with van der Waals surface area (Å²) in [5.74, 6) is -0.513. The van der Waals surface area contributed by atoms with Crippen molar-refractivity contribution in [2.45, 2.75) is 25.9 Å².